The molecule has 2 aromatic carbocycles. The minimum atomic E-state index is -3.61. The zero-order valence-electron chi connectivity index (χ0n) is 19.8. The van der Waals surface area contributed by atoms with Crippen molar-refractivity contribution in [2.75, 3.05) is 22.4 Å². The standard InChI is InChI=1S/C27H34N2O3S/c1-18-5-4-6-25(19(18)2)28-26(30)17-29(33(3,31)32)24-9-7-23(8-10-24)27-14-20-11-21(15-27)13-22(12-20)16-27/h4-10,20-22H,11-17H2,1-3H3,(H,28,30). The van der Waals surface area contributed by atoms with Gasteiger partial charge in [0, 0.05) is 5.69 Å². The van der Waals surface area contributed by atoms with Crippen molar-refractivity contribution in [1.29, 1.82) is 0 Å². The van der Waals surface area contributed by atoms with E-state index in [0.29, 0.717) is 11.4 Å². The molecular formula is C27H34N2O3S. The third kappa shape index (κ3) is 4.30. The lowest BCUT2D eigenvalue weighted by molar-refractivity contribution is -0.114. The fraction of sp³-hybridized carbons (Fsp3) is 0.519. The highest BCUT2D eigenvalue weighted by Crippen LogP contribution is 2.60. The highest BCUT2D eigenvalue weighted by Gasteiger charge is 2.51. The van der Waals surface area contributed by atoms with Gasteiger partial charge in [0.15, 0.2) is 0 Å². The molecule has 2 aromatic rings. The molecule has 0 saturated heterocycles. The van der Waals surface area contributed by atoms with E-state index in [2.05, 4.69) is 17.4 Å². The lowest BCUT2D eigenvalue weighted by Gasteiger charge is -2.57. The molecule has 6 heteroatoms. The van der Waals surface area contributed by atoms with Gasteiger partial charge in [-0.3, -0.25) is 9.10 Å². The maximum absolute atomic E-state index is 12.8. The molecule has 4 aliphatic rings. The molecule has 1 N–H and O–H groups in total. The number of nitrogens with one attached hydrogen (secondary N) is 1. The van der Waals surface area contributed by atoms with E-state index in [9.17, 15) is 13.2 Å². The number of hydrogen-bond acceptors (Lipinski definition) is 3. The van der Waals surface area contributed by atoms with Crippen molar-refractivity contribution in [3.63, 3.8) is 0 Å². The number of carbonyl (C=O) groups is 1. The molecule has 5 nitrogen and oxygen atoms in total. The molecule has 0 radical (unpaired) electrons. The average Bonchev–Trinajstić information content (AvgIpc) is 2.74. The van der Waals surface area contributed by atoms with E-state index in [-0.39, 0.29) is 17.9 Å². The molecule has 0 spiro atoms. The Morgan fingerprint density at radius 2 is 1.55 bits per heavy atom. The number of benzene rings is 2. The molecule has 4 saturated carbocycles. The molecule has 0 heterocycles. The normalized spacial score (nSPS) is 28.0. The summed E-state index contributed by atoms with van der Waals surface area (Å²) >= 11 is 0. The maximum atomic E-state index is 12.8. The zero-order valence-corrected chi connectivity index (χ0v) is 20.6. The Bertz CT molecular complexity index is 1140. The van der Waals surface area contributed by atoms with E-state index >= 15 is 0 Å². The number of aryl methyl sites for hydroxylation is 1. The number of rotatable bonds is 6. The van der Waals surface area contributed by atoms with Crippen molar-refractivity contribution in [2.24, 2.45) is 17.8 Å². The van der Waals surface area contributed by atoms with Crippen LogP contribution in [-0.2, 0) is 20.2 Å². The van der Waals surface area contributed by atoms with E-state index in [4.69, 9.17) is 0 Å². The second-order valence-electron chi connectivity index (χ2n) is 10.8. The summed E-state index contributed by atoms with van der Waals surface area (Å²) < 4.78 is 26.4. The first-order chi connectivity index (χ1) is 15.6. The van der Waals surface area contributed by atoms with Crippen molar-refractivity contribution in [3.8, 4) is 0 Å². The molecule has 0 aliphatic heterocycles. The molecule has 176 valence electrons. The fourth-order valence-corrected chi connectivity index (χ4v) is 7.91. The topological polar surface area (TPSA) is 66.5 Å². The SMILES string of the molecule is Cc1cccc(NC(=O)CN(c2ccc(C34CC5CC(CC(C5)C3)C4)cc2)S(C)(=O)=O)c1C. The van der Waals surface area contributed by atoms with Crippen LogP contribution in [0, 0.1) is 31.6 Å². The third-order valence-corrected chi connectivity index (χ3v) is 9.51. The highest BCUT2D eigenvalue weighted by atomic mass is 32.2. The summed E-state index contributed by atoms with van der Waals surface area (Å²) in [6.07, 6.45) is 9.16. The van der Waals surface area contributed by atoms with Crippen LogP contribution in [-0.4, -0.2) is 27.1 Å². The predicted molar refractivity (Wildman–Crippen MR) is 133 cm³/mol. The minimum Gasteiger partial charge on any atom is -0.324 e. The summed E-state index contributed by atoms with van der Waals surface area (Å²) in [5.41, 5.74) is 4.93. The van der Waals surface area contributed by atoms with Crippen molar-refractivity contribution < 1.29 is 13.2 Å². The van der Waals surface area contributed by atoms with E-state index in [1.54, 1.807) is 0 Å². The largest absolute Gasteiger partial charge is 0.324 e. The quantitative estimate of drug-likeness (QED) is 0.638. The molecule has 0 unspecified atom stereocenters. The van der Waals surface area contributed by atoms with Gasteiger partial charge in [0.05, 0.1) is 11.9 Å². The van der Waals surface area contributed by atoms with Gasteiger partial charge >= 0.3 is 0 Å². The van der Waals surface area contributed by atoms with Gasteiger partial charge in [-0.25, -0.2) is 8.42 Å². The highest BCUT2D eigenvalue weighted by molar-refractivity contribution is 7.92. The number of nitrogens with zero attached hydrogens (tertiary/aromatic N) is 1. The van der Waals surface area contributed by atoms with Crippen LogP contribution in [0.2, 0.25) is 0 Å². The van der Waals surface area contributed by atoms with Gasteiger partial charge in [-0.1, -0.05) is 24.3 Å². The number of carbonyl (C=O) groups excluding carboxylic acids is 1. The molecule has 1 amide bonds. The zero-order chi connectivity index (χ0) is 23.4. The van der Waals surface area contributed by atoms with E-state index < -0.39 is 10.0 Å². The number of amides is 1. The van der Waals surface area contributed by atoms with Crippen LogP contribution >= 0.6 is 0 Å². The Kier molecular flexibility index (Phi) is 5.55. The molecule has 0 aromatic heterocycles. The van der Waals surface area contributed by atoms with Crippen molar-refractivity contribution in [2.45, 2.75) is 57.8 Å². The molecule has 4 aliphatic carbocycles. The van der Waals surface area contributed by atoms with E-state index in [1.807, 2.05) is 44.2 Å². The van der Waals surface area contributed by atoms with E-state index in [0.717, 1.165) is 35.1 Å². The summed E-state index contributed by atoms with van der Waals surface area (Å²) in [7, 11) is -3.61. The van der Waals surface area contributed by atoms with Crippen molar-refractivity contribution in [3.05, 3.63) is 59.2 Å². The van der Waals surface area contributed by atoms with Crippen LogP contribution in [0.3, 0.4) is 0 Å². The smallest absolute Gasteiger partial charge is 0.245 e. The van der Waals surface area contributed by atoms with Crippen LogP contribution < -0.4 is 9.62 Å². The van der Waals surface area contributed by atoms with Gasteiger partial charge in [-0.15, -0.1) is 0 Å². The van der Waals surface area contributed by atoms with Crippen LogP contribution in [0.15, 0.2) is 42.5 Å². The predicted octanol–water partition coefficient (Wildman–Crippen LogP) is 5.18. The Hall–Kier alpha value is -2.34. The Balaban J connectivity index is 1.35. The van der Waals surface area contributed by atoms with Crippen LogP contribution in [0.25, 0.3) is 0 Å². The van der Waals surface area contributed by atoms with Crippen LogP contribution in [0.1, 0.15) is 55.2 Å². The fourth-order valence-electron chi connectivity index (χ4n) is 7.05. The van der Waals surface area contributed by atoms with Crippen molar-refractivity contribution >= 4 is 27.3 Å². The molecule has 6 rings (SSSR count). The summed E-state index contributed by atoms with van der Waals surface area (Å²) in [5.74, 6) is 2.23. The van der Waals surface area contributed by atoms with Gasteiger partial charge in [0.2, 0.25) is 15.9 Å². The molecule has 33 heavy (non-hydrogen) atoms. The van der Waals surface area contributed by atoms with Crippen LogP contribution in [0.4, 0.5) is 11.4 Å². The monoisotopic (exact) mass is 466 g/mol. The van der Waals surface area contributed by atoms with Gasteiger partial charge in [0.25, 0.3) is 0 Å². The summed E-state index contributed by atoms with van der Waals surface area (Å²) in [6.45, 7) is 3.69. The first kappa shape index (κ1) is 22.5. The second kappa shape index (κ2) is 8.15. The lowest BCUT2D eigenvalue weighted by Crippen LogP contribution is -2.48. The molecule has 4 fully saturated rings. The maximum Gasteiger partial charge on any atom is 0.245 e. The first-order valence-corrected chi connectivity index (χ1v) is 13.9. The number of anilines is 2. The first-order valence-electron chi connectivity index (χ1n) is 12.1. The van der Waals surface area contributed by atoms with Crippen molar-refractivity contribution in [1.82, 2.24) is 0 Å². The molecular weight excluding hydrogens is 432 g/mol. The van der Waals surface area contributed by atoms with Gasteiger partial charge in [-0.2, -0.15) is 0 Å². The Morgan fingerprint density at radius 3 is 2.09 bits per heavy atom. The second-order valence-corrected chi connectivity index (χ2v) is 12.7. The number of hydrogen-bond donors (Lipinski definition) is 1. The number of sulfonamides is 1. The van der Waals surface area contributed by atoms with E-state index in [1.165, 1.54) is 48.4 Å². The van der Waals surface area contributed by atoms with Crippen LogP contribution in [0.5, 0.6) is 0 Å². The van der Waals surface area contributed by atoms with Gasteiger partial charge in [-0.05, 0) is 110 Å². The van der Waals surface area contributed by atoms with Gasteiger partial charge in [0.1, 0.15) is 6.54 Å². The Labute approximate surface area is 197 Å². The summed E-state index contributed by atoms with van der Waals surface area (Å²) in [5, 5.41) is 2.88. The van der Waals surface area contributed by atoms with Gasteiger partial charge < -0.3 is 5.32 Å². The Morgan fingerprint density at radius 1 is 0.970 bits per heavy atom. The minimum absolute atomic E-state index is 0.247. The molecule has 4 bridgehead atoms. The molecule has 0 atom stereocenters. The summed E-state index contributed by atoms with van der Waals surface area (Å²) in [6, 6.07) is 13.7. The lowest BCUT2D eigenvalue weighted by atomic mass is 9.48. The average molecular weight is 467 g/mol. The third-order valence-electron chi connectivity index (χ3n) is 8.37. The summed E-state index contributed by atoms with van der Waals surface area (Å²) in [4.78, 5) is 12.8.